The lowest BCUT2D eigenvalue weighted by Gasteiger charge is -2.34. The van der Waals surface area contributed by atoms with Crippen LogP contribution in [0.2, 0.25) is 0 Å². The Morgan fingerprint density at radius 1 is 0.900 bits per heavy atom. The van der Waals surface area contributed by atoms with Gasteiger partial charge in [-0.05, 0) is 61.0 Å². The van der Waals surface area contributed by atoms with Crippen LogP contribution in [0.4, 0.5) is 17.3 Å². The molecule has 1 aliphatic rings. The fourth-order valence-corrected chi connectivity index (χ4v) is 5.66. The molecule has 3 aromatic carbocycles. The zero-order valence-electron chi connectivity index (χ0n) is 22.9. The van der Waals surface area contributed by atoms with E-state index in [4.69, 9.17) is 10.5 Å². The van der Waals surface area contributed by atoms with Gasteiger partial charge in [0.2, 0.25) is 11.8 Å². The van der Waals surface area contributed by atoms with Crippen LogP contribution in [0.25, 0.3) is 11.3 Å². The van der Waals surface area contributed by atoms with Gasteiger partial charge >= 0.3 is 0 Å². The summed E-state index contributed by atoms with van der Waals surface area (Å²) in [5, 5.41) is 0. The fourth-order valence-electron chi connectivity index (χ4n) is 4.67. The topological polar surface area (TPSA) is 114 Å². The lowest BCUT2D eigenvalue weighted by atomic mass is 9.95. The second-order valence-corrected chi connectivity index (χ2v) is 11.9. The van der Waals surface area contributed by atoms with Crippen molar-refractivity contribution in [2.75, 3.05) is 48.6 Å². The van der Waals surface area contributed by atoms with Crippen molar-refractivity contribution in [3.05, 3.63) is 84.4 Å². The van der Waals surface area contributed by atoms with E-state index in [0.717, 1.165) is 43.0 Å². The summed E-state index contributed by atoms with van der Waals surface area (Å²) in [7, 11) is -1.86. The molecule has 9 nitrogen and oxygen atoms in total. The van der Waals surface area contributed by atoms with Gasteiger partial charge in [-0.2, -0.15) is 4.98 Å². The number of hydrogen-bond acceptors (Lipinski definition) is 8. The Labute approximate surface area is 235 Å². The van der Waals surface area contributed by atoms with Gasteiger partial charge in [0.1, 0.15) is 5.75 Å². The number of nitrogens with two attached hydrogens (primary N) is 1. The Bertz CT molecular complexity index is 1580. The third kappa shape index (κ3) is 6.35. The Morgan fingerprint density at radius 3 is 2.33 bits per heavy atom. The van der Waals surface area contributed by atoms with Crippen molar-refractivity contribution in [3.63, 3.8) is 0 Å². The number of sulfonamides is 1. The number of ether oxygens (including phenoxy) is 1. The molecule has 5 rings (SSSR count). The van der Waals surface area contributed by atoms with Crippen LogP contribution in [-0.2, 0) is 10.0 Å². The summed E-state index contributed by atoms with van der Waals surface area (Å²) in [6, 6.07) is 23.5. The molecule has 10 heteroatoms. The van der Waals surface area contributed by atoms with Crippen LogP contribution in [0.15, 0.2) is 83.8 Å². The van der Waals surface area contributed by atoms with Crippen molar-refractivity contribution in [2.45, 2.75) is 24.7 Å². The first kappa shape index (κ1) is 27.4. The molecular weight excluding hydrogens is 524 g/mol. The van der Waals surface area contributed by atoms with Crippen LogP contribution < -0.4 is 20.1 Å². The molecule has 1 aliphatic heterocycles. The lowest BCUT2D eigenvalue weighted by Crippen LogP contribution is -2.44. The maximum Gasteiger partial charge on any atom is 0.264 e. The van der Waals surface area contributed by atoms with E-state index < -0.39 is 10.0 Å². The highest BCUT2D eigenvalue weighted by Gasteiger charge is 2.20. The minimum atomic E-state index is -3.99. The predicted octanol–water partition coefficient (Wildman–Crippen LogP) is 5.19. The highest BCUT2D eigenvalue weighted by Crippen LogP contribution is 2.32. The van der Waals surface area contributed by atoms with Gasteiger partial charge in [0, 0.05) is 49.2 Å². The van der Waals surface area contributed by atoms with E-state index in [1.54, 1.807) is 18.2 Å². The number of rotatable bonds is 8. The highest BCUT2D eigenvalue weighted by molar-refractivity contribution is 7.92. The monoisotopic (exact) mass is 558 g/mol. The summed E-state index contributed by atoms with van der Waals surface area (Å²) in [6.07, 6.45) is 0. The van der Waals surface area contributed by atoms with Crippen molar-refractivity contribution in [1.29, 1.82) is 0 Å². The minimum Gasteiger partial charge on any atom is -0.439 e. The van der Waals surface area contributed by atoms with Gasteiger partial charge in [-0.3, -0.25) is 0 Å². The number of aromatic nitrogens is 2. The maximum absolute atomic E-state index is 13.2. The molecule has 0 aliphatic carbocycles. The van der Waals surface area contributed by atoms with Gasteiger partial charge in [0.05, 0.1) is 10.6 Å². The number of hydrogen-bond donors (Lipinski definition) is 2. The summed E-state index contributed by atoms with van der Waals surface area (Å²) in [4.78, 5) is 13.7. The minimum absolute atomic E-state index is 0.0195. The molecule has 0 amide bonds. The second kappa shape index (κ2) is 11.5. The molecule has 1 saturated heterocycles. The predicted molar refractivity (Wildman–Crippen MR) is 159 cm³/mol. The van der Waals surface area contributed by atoms with Crippen molar-refractivity contribution >= 4 is 27.3 Å². The summed E-state index contributed by atoms with van der Waals surface area (Å²) < 4.78 is 35.0. The molecule has 1 aromatic heterocycles. The van der Waals surface area contributed by atoms with E-state index in [1.165, 1.54) is 12.1 Å². The number of nitrogens with one attached hydrogen (secondary N) is 1. The number of anilines is 3. The van der Waals surface area contributed by atoms with Crippen LogP contribution in [0.3, 0.4) is 0 Å². The standard InChI is InChI=1S/C30H34N6O3S/c1-21(2)26-9-4-5-10-27(26)28-20-29(33-30(32-28)34-40(37,38)25-8-6-7-22(31)19-25)39-24-13-11-23(12-14-24)36-17-15-35(3)16-18-36/h4-14,19-21H,15-18,31H2,1-3H3,(H,32,33,34). The summed E-state index contributed by atoms with van der Waals surface area (Å²) in [5.74, 6) is 0.943. The normalized spacial score (nSPS) is 14.3. The van der Waals surface area contributed by atoms with Crippen molar-refractivity contribution < 1.29 is 13.2 Å². The smallest absolute Gasteiger partial charge is 0.264 e. The van der Waals surface area contributed by atoms with Crippen LogP contribution in [0.1, 0.15) is 25.3 Å². The number of benzene rings is 3. The average molecular weight is 559 g/mol. The van der Waals surface area contributed by atoms with E-state index >= 15 is 0 Å². The largest absolute Gasteiger partial charge is 0.439 e. The molecule has 208 valence electrons. The van der Waals surface area contributed by atoms with E-state index in [1.807, 2.05) is 48.5 Å². The molecule has 0 unspecified atom stereocenters. The van der Waals surface area contributed by atoms with E-state index in [9.17, 15) is 8.42 Å². The van der Waals surface area contributed by atoms with Gasteiger partial charge in [0.25, 0.3) is 10.0 Å². The van der Waals surface area contributed by atoms with Gasteiger partial charge < -0.3 is 20.3 Å². The molecule has 0 saturated carbocycles. The summed E-state index contributed by atoms with van der Waals surface area (Å²) in [5.41, 5.74) is 9.79. The van der Waals surface area contributed by atoms with E-state index in [0.29, 0.717) is 17.1 Å². The SMILES string of the molecule is CC(C)c1ccccc1-c1cc(Oc2ccc(N3CCN(C)CC3)cc2)nc(NS(=O)(=O)c2cccc(N)c2)n1. The molecule has 3 N–H and O–H groups in total. The number of piperazine rings is 1. The molecule has 40 heavy (non-hydrogen) atoms. The molecule has 0 bridgehead atoms. The Kier molecular flexibility index (Phi) is 7.90. The van der Waals surface area contributed by atoms with Gasteiger partial charge in [-0.1, -0.05) is 44.2 Å². The van der Waals surface area contributed by atoms with E-state index in [-0.39, 0.29) is 22.6 Å². The van der Waals surface area contributed by atoms with Crippen LogP contribution in [0, 0.1) is 0 Å². The quantitative estimate of drug-likeness (QED) is 0.284. The molecular formula is C30H34N6O3S. The van der Waals surface area contributed by atoms with Crippen LogP contribution in [-0.4, -0.2) is 56.5 Å². The molecule has 4 aromatic rings. The molecule has 1 fully saturated rings. The number of likely N-dealkylation sites (N-methyl/N-ethyl adjacent to an activating group) is 1. The summed E-state index contributed by atoms with van der Waals surface area (Å²) in [6.45, 7) is 8.18. The molecule has 0 spiro atoms. The summed E-state index contributed by atoms with van der Waals surface area (Å²) >= 11 is 0. The zero-order chi connectivity index (χ0) is 28.3. The van der Waals surface area contributed by atoms with Crippen LogP contribution in [0.5, 0.6) is 11.6 Å². The zero-order valence-corrected chi connectivity index (χ0v) is 23.7. The molecule has 2 heterocycles. The van der Waals surface area contributed by atoms with Crippen molar-refractivity contribution in [2.24, 2.45) is 0 Å². The Morgan fingerprint density at radius 2 is 1.62 bits per heavy atom. The average Bonchev–Trinajstić information content (AvgIpc) is 2.93. The second-order valence-electron chi connectivity index (χ2n) is 10.2. The van der Waals surface area contributed by atoms with E-state index in [2.05, 4.69) is 45.4 Å². The van der Waals surface area contributed by atoms with Gasteiger partial charge in [0.15, 0.2) is 0 Å². The molecule has 0 radical (unpaired) electrons. The third-order valence-electron chi connectivity index (χ3n) is 6.88. The number of nitrogens with zero attached hydrogens (tertiary/aromatic N) is 4. The maximum atomic E-state index is 13.2. The first-order valence-corrected chi connectivity index (χ1v) is 14.7. The fraction of sp³-hybridized carbons (Fsp3) is 0.267. The lowest BCUT2D eigenvalue weighted by molar-refractivity contribution is 0.313. The first-order chi connectivity index (χ1) is 19.2. The van der Waals surface area contributed by atoms with Crippen molar-refractivity contribution in [3.8, 4) is 22.9 Å². The van der Waals surface area contributed by atoms with Crippen molar-refractivity contribution in [1.82, 2.24) is 14.9 Å². The van der Waals surface area contributed by atoms with Gasteiger partial charge in [-0.25, -0.2) is 18.1 Å². The first-order valence-electron chi connectivity index (χ1n) is 13.3. The Balaban J connectivity index is 1.48. The number of nitrogen functional groups attached to an aromatic ring is 1. The third-order valence-corrected chi connectivity index (χ3v) is 8.21. The highest BCUT2D eigenvalue weighted by atomic mass is 32.2. The van der Waals surface area contributed by atoms with Crippen LogP contribution >= 0.6 is 0 Å². The van der Waals surface area contributed by atoms with Gasteiger partial charge in [-0.15, -0.1) is 0 Å². The molecule has 0 atom stereocenters. The Hall–Kier alpha value is -4.15.